The van der Waals surface area contributed by atoms with Crippen LogP contribution in [0.3, 0.4) is 0 Å². The number of amides is 3. The average Bonchev–Trinajstić information content (AvgIpc) is 2.66. The number of carbonyl (C=O) groups excluding carboxylic acids is 2. The van der Waals surface area contributed by atoms with Gasteiger partial charge in [-0.15, -0.1) is 0 Å². The summed E-state index contributed by atoms with van der Waals surface area (Å²) in [4.78, 5) is 26.5. The van der Waals surface area contributed by atoms with Gasteiger partial charge < -0.3 is 20.6 Å². The van der Waals surface area contributed by atoms with Crippen LogP contribution in [0.15, 0.2) is 42.5 Å². The Morgan fingerprint density at radius 2 is 1.74 bits per heavy atom. The minimum atomic E-state index is -0.216. The Kier molecular flexibility index (Phi) is 5.86. The smallest absolute Gasteiger partial charge is 0.321 e. The van der Waals surface area contributed by atoms with Crippen molar-refractivity contribution in [2.24, 2.45) is 5.92 Å². The molecule has 1 aliphatic heterocycles. The summed E-state index contributed by atoms with van der Waals surface area (Å²) in [6.07, 6.45) is 1.13. The van der Waals surface area contributed by atoms with Crippen LogP contribution in [0.5, 0.6) is 5.75 Å². The molecule has 3 rings (SSSR count). The van der Waals surface area contributed by atoms with Crippen LogP contribution in [0.1, 0.15) is 18.4 Å². The fraction of sp³-hybridized carbons (Fsp3) is 0.300. The standard InChI is InChI=1S/C20H22ClN3O3/c1-13-2-5-16(6-3-13)22-20(27)24-10-8-14(9-11-24)19(26)23-17-12-15(21)4-7-18(17)25/h2-7,12,14,25H,8-11H2,1H3,(H,22,27)(H,23,26). The molecule has 0 saturated carbocycles. The van der Waals surface area contributed by atoms with Gasteiger partial charge in [0.15, 0.2) is 0 Å². The summed E-state index contributed by atoms with van der Waals surface area (Å²) in [6, 6.07) is 12.0. The van der Waals surface area contributed by atoms with Gasteiger partial charge >= 0.3 is 6.03 Å². The highest BCUT2D eigenvalue weighted by Crippen LogP contribution is 2.28. The van der Waals surface area contributed by atoms with E-state index in [4.69, 9.17) is 11.6 Å². The maximum atomic E-state index is 12.4. The van der Waals surface area contributed by atoms with Crippen LogP contribution < -0.4 is 10.6 Å². The number of aryl methyl sites for hydroxylation is 1. The van der Waals surface area contributed by atoms with E-state index in [0.29, 0.717) is 36.6 Å². The number of phenolic OH excluding ortho intramolecular Hbond substituents is 1. The average molecular weight is 388 g/mol. The number of carbonyl (C=O) groups is 2. The van der Waals surface area contributed by atoms with Gasteiger partial charge in [-0.05, 0) is 50.1 Å². The van der Waals surface area contributed by atoms with E-state index in [1.807, 2.05) is 31.2 Å². The molecule has 3 amide bonds. The molecule has 2 aromatic rings. The van der Waals surface area contributed by atoms with Crippen molar-refractivity contribution in [2.75, 3.05) is 23.7 Å². The van der Waals surface area contributed by atoms with Gasteiger partial charge in [0, 0.05) is 29.7 Å². The lowest BCUT2D eigenvalue weighted by Crippen LogP contribution is -2.43. The first-order chi connectivity index (χ1) is 12.9. The fourth-order valence-electron chi connectivity index (χ4n) is 3.03. The summed E-state index contributed by atoms with van der Waals surface area (Å²) in [5.74, 6) is -0.416. The molecule has 1 heterocycles. The van der Waals surface area contributed by atoms with Crippen molar-refractivity contribution in [3.63, 3.8) is 0 Å². The van der Waals surface area contributed by atoms with Crippen LogP contribution >= 0.6 is 11.6 Å². The Morgan fingerprint density at radius 3 is 2.41 bits per heavy atom. The normalized spacial score (nSPS) is 14.7. The largest absolute Gasteiger partial charge is 0.506 e. The summed E-state index contributed by atoms with van der Waals surface area (Å²) < 4.78 is 0. The number of nitrogens with one attached hydrogen (secondary N) is 2. The van der Waals surface area contributed by atoms with Crippen LogP contribution in [-0.2, 0) is 4.79 Å². The van der Waals surface area contributed by atoms with E-state index < -0.39 is 0 Å². The topological polar surface area (TPSA) is 81.7 Å². The first-order valence-corrected chi connectivity index (χ1v) is 9.22. The van der Waals surface area contributed by atoms with Crippen LogP contribution in [0, 0.1) is 12.8 Å². The van der Waals surface area contributed by atoms with Gasteiger partial charge in [-0.3, -0.25) is 4.79 Å². The Bertz CT molecular complexity index is 831. The third-order valence-electron chi connectivity index (χ3n) is 4.67. The van der Waals surface area contributed by atoms with Gasteiger partial charge in [-0.1, -0.05) is 29.3 Å². The predicted octanol–water partition coefficient (Wildman–Crippen LogP) is 4.24. The predicted molar refractivity (Wildman–Crippen MR) is 106 cm³/mol. The van der Waals surface area contributed by atoms with Crippen molar-refractivity contribution < 1.29 is 14.7 Å². The molecule has 6 nitrogen and oxygen atoms in total. The third kappa shape index (κ3) is 4.92. The van der Waals surface area contributed by atoms with Crippen molar-refractivity contribution in [3.05, 3.63) is 53.1 Å². The highest BCUT2D eigenvalue weighted by Gasteiger charge is 2.27. The molecule has 7 heteroatoms. The number of hydrogen-bond donors (Lipinski definition) is 3. The van der Waals surface area contributed by atoms with Crippen molar-refractivity contribution >= 4 is 34.9 Å². The van der Waals surface area contributed by atoms with Crippen molar-refractivity contribution in [2.45, 2.75) is 19.8 Å². The highest BCUT2D eigenvalue weighted by atomic mass is 35.5. The molecule has 1 aliphatic rings. The Labute approximate surface area is 163 Å². The number of halogens is 1. The summed E-state index contributed by atoms with van der Waals surface area (Å²) >= 11 is 5.90. The van der Waals surface area contributed by atoms with Gasteiger partial charge in [0.05, 0.1) is 5.69 Å². The molecule has 27 heavy (non-hydrogen) atoms. The maximum absolute atomic E-state index is 12.4. The number of benzene rings is 2. The zero-order chi connectivity index (χ0) is 19.4. The summed E-state index contributed by atoms with van der Waals surface area (Å²) in [7, 11) is 0. The highest BCUT2D eigenvalue weighted by molar-refractivity contribution is 6.31. The van der Waals surface area contributed by atoms with E-state index in [9.17, 15) is 14.7 Å². The molecular formula is C20H22ClN3O3. The first-order valence-electron chi connectivity index (χ1n) is 8.84. The van der Waals surface area contributed by atoms with E-state index in [1.54, 1.807) is 11.0 Å². The molecule has 2 aromatic carbocycles. The minimum Gasteiger partial charge on any atom is -0.506 e. The number of likely N-dealkylation sites (tertiary alicyclic amines) is 1. The maximum Gasteiger partial charge on any atom is 0.321 e. The van der Waals surface area contributed by atoms with E-state index in [0.717, 1.165) is 11.3 Å². The Morgan fingerprint density at radius 1 is 1.07 bits per heavy atom. The van der Waals surface area contributed by atoms with Crippen molar-refractivity contribution in [1.29, 1.82) is 0 Å². The number of piperidine rings is 1. The van der Waals surface area contributed by atoms with Crippen molar-refractivity contribution in [3.8, 4) is 5.75 Å². The first kappa shape index (κ1) is 19.0. The second-order valence-electron chi connectivity index (χ2n) is 6.71. The monoisotopic (exact) mass is 387 g/mol. The van der Waals surface area contributed by atoms with Gasteiger partial charge in [-0.2, -0.15) is 0 Å². The molecule has 0 aromatic heterocycles. The summed E-state index contributed by atoms with van der Waals surface area (Å²) in [6.45, 7) is 2.99. The van der Waals surface area contributed by atoms with Gasteiger partial charge in [-0.25, -0.2) is 4.79 Å². The zero-order valence-electron chi connectivity index (χ0n) is 15.0. The second-order valence-corrected chi connectivity index (χ2v) is 7.14. The number of nitrogens with zero attached hydrogens (tertiary/aromatic N) is 1. The molecule has 0 unspecified atom stereocenters. The quantitative estimate of drug-likeness (QED) is 0.689. The second kappa shape index (κ2) is 8.31. The van der Waals surface area contributed by atoms with Gasteiger partial charge in [0.1, 0.15) is 5.75 Å². The van der Waals surface area contributed by atoms with Crippen LogP contribution in [0.2, 0.25) is 5.02 Å². The van der Waals surface area contributed by atoms with Crippen LogP contribution in [0.4, 0.5) is 16.2 Å². The molecule has 0 aliphatic carbocycles. The lowest BCUT2D eigenvalue weighted by molar-refractivity contribution is -0.121. The SMILES string of the molecule is Cc1ccc(NC(=O)N2CCC(C(=O)Nc3cc(Cl)ccc3O)CC2)cc1. The molecule has 0 bridgehead atoms. The summed E-state index contributed by atoms with van der Waals surface area (Å²) in [5.41, 5.74) is 2.18. The van der Waals surface area contributed by atoms with E-state index in [1.165, 1.54) is 12.1 Å². The lowest BCUT2D eigenvalue weighted by atomic mass is 9.96. The molecule has 1 saturated heterocycles. The number of anilines is 2. The zero-order valence-corrected chi connectivity index (χ0v) is 15.8. The van der Waals surface area contributed by atoms with Crippen LogP contribution in [-0.4, -0.2) is 35.0 Å². The van der Waals surface area contributed by atoms with Crippen molar-refractivity contribution in [1.82, 2.24) is 4.90 Å². The molecule has 0 spiro atoms. The lowest BCUT2D eigenvalue weighted by Gasteiger charge is -2.31. The molecular weight excluding hydrogens is 366 g/mol. The minimum absolute atomic E-state index is 0.0253. The van der Waals surface area contributed by atoms with Crippen LogP contribution in [0.25, 0.3) is 0 Å². The number of urea groups is 1. The number of aromatic hydroxyl groups is 1. The number of rotatable bonds is 3. The van der Waals surface area contributed by atoms with E-state index >= 15 is 0 Å². The molecule has 0 atom stereocenters. The molecule has 3 N–H and O–H groups in total. The number of hydrogen-bond acceptors (Lipinski definition) is 3. The van der Waals surface area contributed by atoms with Gasteiger partial charge in [0.25, 0.3) is 0 Å². The van der Waals surface area contributed by atoms with E-state index in [2.05, 4.69) is 10.6 Å². The third-order valence-corrected chi connectivity index (χ3v) is 4.91. The molecule has 0 radical (unpaired) electrons. The molecule has 1 fully saturated rings. The molecule has 142 valence electrons. The number of phenols is 1. The Hall–Kier alpha value is -2.73. The Balaban J connectivity index is 1.52. The van der Waals surface area contributed by atoms with Gasteiger partial charge in [0.2, 0.25) is 5.91 Å². The fourth-order valence-corrected chi connectivity index (χ4v) is 3.20. The van der Waals surface area contributed by atoms with E-state index in [-0.39, 0.29) is 23.6 Å². The summed E-state index contributed by atoms with van der Waals surface area (Å²) in [5, 5.41) is 15.8.